The van der Waals surface area contributed by atoms with Gasteiger partial charge in [0.15, 0.2) is 34.4 Å². The van der Waals surface area contributed by atoms with Crippen molar-refractivity contribution in [2.45, 2.75) is 26.8 Å². The third kappa shape index (κ3) is 4.93. The number of hydrogen-bond donors (Lipinski definition) is 1. The number of benzene rings is 2. The molecule has 1 N–H and O–H groups in total. The fourth-order valence-electron chi connectivity index (χ4n) is 4.82. The van der Waals surface area contributed by atoms with Crippen LogP contribution in [0, 0.1) is 0 Å². The first-order valence-corrected chi connectivity index (χ1v) is 12.8. The average molecular weight is 523 g/mol. The quantitative estimate of drug-likeness (QED) is 0.340. The smallest absolute Gasteiger partial charge is 0.290 e. The number of furan rings is 1. The lowest BCUT2D eigenvalue weighted by Gasteiger charge is -2.29. The number of Topliss-reactive ketones (excluding diaryl/α,β-unsaturated/α-hetero) is 1. The monoisotopic (exact) mass is 522 g/mol. The largest absolute Gasteiger partial charge is 0.503 e. The van der Waals surface area contributed by atoms with Gasteiger partial charge in [-0.2, -0.15) is 0 Å². The zero-order chi connectivity index (χ0) is 27.4. The van der Waals surface area contributed by atoms with Crippen molar-refractivity contribution in [1.82, 2.24) is 9.80 Å². The molecule has 9 nitrogen and oxygen atoms in total. The standard InChI is InChI=1S/C29H34N2O7/c1-6-30(7-2)14-15-31-25(18-12-13-20(37-8-3)22(16-18)36-5)24(27(33)29(31)34)26(32)23-17-19-10-9-11-21(35-4)28(19)38-23/h9-13,16-17,25,33H,6-8,14-15H2,1-5H3. The van der Waals surface area contributed by atoms with E-state index in [9.17, 15) is 14.7 Å². The zero-order valence-electron chi connectivity index (χ0n) is 22.4. The molecule has 0 bridgehead atoms. The lowest BCUT2D eigenvalue weighted by Crippen LogP contribution is -2.38. The van der Waals surface area contributed by atoms with Gasteiger partial charge in [-0.05, 0) is 49.8 Å². The molecule has 0 aliphatic carbocycles. The molecule has 0 saturated heterocycles. The van der Waals surface area contributed by atoms with Crippen LogP contribution in [0.1, 0.15) is 42.9 Å². The molecule has 1 unspecified atom stereocenters. The second-order valence-electron chi connectivity index (χ2n) is 8.85. The Labute approximate surface area is 222 Å². The van der Waals surface area contributed by atoms with Crippen LogP contribution in [0.4, 0.5) is 0 Å². The molecule has 1 aromatic heterocycles. The van der Waals surface area contributed by atoms with Crippen molar-refractivity contribution >= 4 is 22.7 Å². The number of likely N-dealkylation sites (N-methyl/N-ethyl adjacent to an activating group) is 1. The van der Waals surface area contributed by atoms with E-state index in [2.05, 4.69) is 4.90 Å². The Bertz CT molecular complexity index is 1360. The van der Waals surface area contributed by atoms with Gasteiger partial charge < -0.3 is 33.5 Å². The molecule has 1 aliphatic heterocycles. The maximum absolute atomic E-state index is 13.9. The van der Waals surface area contributed by atoms with E-state index in [4.69, 9.17) is 18.6 Å². The van der Waals surface area contributed by atoms with Gasteiger partial charge >= 0.3 is 0 Å². The van der Waals surface area contributed by atoms with Crippen molar-refractivity contribution in [1.29, 1.82) is 0 Å². The topological polar surface area (TPSA) is 102 Å². The number of nitrogens with zero attached hydrogens (tertiary/aromatic N) is 2. The fraction of sp³-hybridized carbons (Fsp3) is 0.379. The van der Waals surface area contributed by atoms with E-state index >= 15 is 0 Å². The Morgan fingerprint density at radius 3 is 2.42 bits per heavy atom. The lowest BCUT2D eigenvalue weighted by atomic mass is 9.94. The van der Waals surface area contributed by atoms with Crippen LogP contribution in [0.25, 0.3) is 11.0 Å². The van der Waals surface area contributed by atoms with Crippen LogP contribution in [-0.4, -0.2) is 73.6 Å². The van der Waals surface area contributed by atoms with Gasteiger partial charge in [0.25, 0.3) is 5.91 Å². The Morgan fingerprint density at radius 2 is 1.76 bits per heavy atom. The molecular weight excluding hydrogens is 488 g/mol. The summed E-state index contributed by atoms with van der Waals surface area (Å²) >= 11 is 0. The summed E-state index contributed by atoms with van der Waals surface area (Å²) in [6, 6.07) is 11.4. The first-order valence-electron chi connectivity index (χ1n) is 12.8. The number of carbonyl (C=O) groups is 2. The van der Waals surface area contributed by atoms with Gasteiger partial charge in [-0.25, -0.2) is 0 Å². The van der Waals surface area contributed by atoms with Gasteiger partial charge in [-0.15, -0.1) is 0 Å². The third-order valence-corrected chi connectivity index (χ3v) is 6.85. The molecule has 1 aliphatic rings. The fourth-order valence-corrected chi connectivity index (χ4v) is 4.82. The van der Waals surface area contributed by atoms with Crippen LogP contribution in [0.3, 0.4) is 0 Å². The number of para-hydroxylation sites is 1. The lowest BCUT2D eigenvalue weighted by molar-refractivity contribution is -0.129. The summed E-state index contributed by atoms with van der Waals surface area (Å²) in [6.07, 6.45) is 0. The second kappa shape index (κ2) is 11.6. The Kier molecular flexibility index (Phi) is 8.26. The van der Waals surface area contributed by atoms with Crippen LogP contribution in [-0.2, 0) is 4.79 Å². The van der Waals surface area contributed by atoms with E-state index in [0.29, 0.717) is 53.5 Å². The molecule has 2 aromatic carbocycles. The SMILES string of the molecule is CCOc1ccc(C2C(C(=O)c3cc4cccc(OC)c4o3)=C(O)C(=O)N2CCN(CC)CC)cc1OC. The predicted octanol–water partition coefficient (Wildman–Crippen LogP) is 4.77. The second-order valence-corrected chi connectivity index (χ2v) is 8.85. The van der Waals surface area contributed by atoms with Crippen LogP contribution in [0.5, 0.6) is 17.2 Å². The normalized spacial score (nSPS) is 15.6. The Morgan fingerprint density at radius 1 is 1.03 bits per heavy atom. The van der Waals surface area contributed by atoms with E-state index in [1.165, 1.54) is 19.1 Å². The number of ketones is 1. The molecule has 202 valence electrons. The minimum absolute atomic E-state index is 0.00680. The number of hydrogen-bond acceptors (Lipinski definition) is 8. The van der Waals surface area contributed by atoms with Crippen molar-refractivity contribution in [2.75, 3.05) is 47.0 Å². The van der Waals surface area contributed by atoms with E-state index in [0.717, 1.165) is 13.1 Å². The summed E-state index contributed by atoms with van der Waals surface area (Å²) in [6.45, 7) is 8.94. The maximum Gasteiger partial charge on any atom is 0.290 e. The van der Waals surface area contributed by atoms with E-state index in [-0.39, 0.29) is 11.3 Å². The highest BCUT2D eigenvalue weighted by Crippen LogP contribution is 2.42. The van der Waals surface area contributed by atoms with E-state index in [1.807, 2.05) is 20.8 Å². The summed E-state index contributed by atoms with van der Waals surface area (Å²) in [7, 11) is 3.05. The number of aliphatic hydroxyl groups is 1. The van der Waals surface area contributed by atoms with Crippen molar-refractivity contribution in [3.63, 3.8) is 0 Å². The molecule has 0 saturated carbocycles. The molecule has 3 aromatic rings. The molecule has 4 rings (SSSR count). The number of amides is 1. The number of rotatable bonds is 12. The highest BCUT2D eigenvalue weighted by atomic mass is 16.5. The zero-order valence-corrected chi connectivity index (χ0v) is 22.4. The summed E-state index contributed by atoms with van der Waals surface area (Å²) in [4.78, 5) is 30.9. The van der Waals surface area contributed by atoms with Gasteiger partial charge in [0, 0.05) is 18.5 Å². The number of carbonyl (C=O) groups excluding carboxylic acids is 2. The first kappa shape index (κ1) is 27.1. The number of ether oxygens (including phenoxy) is 3. The summed E-state index contributed by atoms with van der Waals surface area (Å²) in [5.74, 6) is -0.261. The summed E-state index contributed by atoms with van der Waals surface area (Å²) in [5.41, 5.74) is 0.985. The van der Waals surface area contributed by atoms with Gasteiger partial charge in [-0.1, -0.05) is 32.0 Å². The highest BCUT2D eigenvalue weighted by molar-refractivity contribution is 6.16. The first-order chi connectivity index (χ1) is 18.4. The molecule has 1 amide bonds. The van der Waals surface area contributed by atoms with E-state index in [1.54, 1.807) is 42.5 Å². The predicted molar refractivity (Wildman–Crippen MR) is 143 cm³/mol. The minimum atomic E-state index is -0.842. The molecule has 9 heteroatoms. The van der Waals surface area contributed by atoms with Gasteiger partial charge in [0.1, 0.15) is 0 Å². The van der Waals surface area contributed by atoms with Crippen molar-refractivity contribution < 1.29 is 33.3 Å². The third-order valence-electron chi connectivity index (χ3n) is 6.85. The number of aliphatic hydroxyl groups excluding tert-OH is 1. The summed E-state index contributed by atoms with van der Waals surface area (Å²) in [5, 5.41) is 11.7. The maximum atomic E-state index is 13.9. The molecule has 0 radical (unpaired) electrons. The number of methoxy groups -OCH3 is 2. The van der Waals surface area contributed by atoms with Gasteiger partial charge in [0.2, 0.25) is 5.78 Å². The molecular formula is C29H34N2O7. The van der Waals surface area contributed by atoms with Crippen molar-refractivity contribution in [3.05, 3.63) is 65.1 Å². The van der Waals surface area contributed by atoms with Crippen LogP contribution in [0.2, 0.25) is 0 Å². The van der Waals surface area contributed by atoms with Gasteiger partial charge in [0.05, 0.1) is 32.4 Å². The van der Waals surface area contributed by atoms with Crippen LogP contribution >= 0.6 is 0 Å². The average Bonchev–Trinajstić information content (AvgIpc) is 3.48. The van der Waals surface area contributed by atoms with Gasteiger partial charge in [-0.3, -0.25) is 9.59 Å². The highest BCUT2D eigenvalue weighted by Gasteiger charge is 2.44. The number of fused-ring (bicyclic) bond motifs is 1. The Balaban J connectivity index is 1.80. The molecule has 1 atom stereocenters. The van der Waals surface area contributed by atoms with E-state index < -0.39 is 23.5 Å². The molecule has 0 fully saturated rings. The van der Waals surface area contributed by atoms with Crippen LogP contribution in [0.15, 0.2) is 58.2 Å². The molecule has 2 heterocycles. The van der Waals surface area contributed by atoms with Crippen molar-refractivity contribution in [3.8, 4) is 17.2 Å². The minimum Gasteiger partial charge on any atom is -0.503 e. The molecule has 38 heavy (non-hydrogen) atoms. The molecule has 0 spiro atoms. The Hall–Kier alpha value is -3.98. The summed E-state index contributed by atoms with van der Waals surface area (Å²) < 4.78 is 22.4. The van der Waals surface area contributed by atoms with Crippen molar-refractivity contribution in [2.24, 2.45) is 0 Å². The van der Waals surface area contributed by atoms with Crippen LogP contribution < -0.4 is 14.2 Å².